The second-order valence-corrected chi connectivity index (χ2v) is 4.90. The lowest BCUT2D eigenvalue weighted by Gasteiger charge is -2.13. The molecule has 0 unspecified atom stereocenters. The maximum Gasteiger partial charge on any atom is 0.0323 e. The highest BCUT2D eigenvalue weighted by molar-refractivity contribution is 14.1. The number of halogens is 1. The van der Waals surface area contributed by atoms with E-state index in [1.807, 2.05) is 0 Å². The predicted octanol–water partition coefficient (Wildman–Crippen LogP) is 3.02. The minimum absolute atomic E-state index is 0.606. The van der Waals surface area contributed by atoms with Crippen molar-refractivity contribution in [3.63, 3.8) is 0 Å². The molecule has 1 nitrogen and oxygen atoms in total. The quantitative estimate of drug-likeness (QED) is 0.783. The molecule has 0 spiro atoms. The fourth-order valence-electron chi connectivity index (χ4n) is 1.94. The molecule has 1 saturated heterocycles. The second-order valence-electron chi connectivity index (χ2n) is 3.65. The van der Waals surface area contributed by atoms with E-state index in [9.17, 15) is 0 Å². The number of aryl methyl sites for hydroxylation is 1. The normalized spacial score (nSPS) is 22.2. The lowest BCUT2D eigenvalue weighted by molar-refractivity contribution is 0.643. The highest BCUT2D eigenvalue weighted by Gasteiger charge is 2.17. The van der Waals surface area contributed by atoms with E-state index in [4.69, 9.17) is 0 Å². The molecular formula is C11H14IN. The molecule has 0 radical (unpaired) electrons. The molecule has 0 amide bonds. The van der Waals surface area contributed by atoms with Gasteiger partial charge in [-0.3, -0.25) is 0 Å². The molecule has 1 aromatic carbocycles. The summed E-state index contributed by atoms with van der Waals surface area (Å²) >= 11 is 2.38. The topological polar surface area (TPSA) is 12.0 Å². The zero-order chi connectivity index (χ0) is 9.26. The SMILES string of the molecule is Cc1ccc(I)cc1[C@H]1CCCN1. The van der Waals surface area contributed by atoms with Crippen molar-refractivity contribution in [2.45, 2.75) is 25.8 Å². The van der Waals surface area contributed by atoms with E-state index in [1.165, 1.54) is 34.1 Å². The van der Waals surface area contributed by atoms with Gasteiger partial charge in [0, 0.05) is 9.61 Å². The molecule has 0 aromatic heterocycles. The highest BCUT2D eigenvalue weighted by Crippen LogP contribution is 2.26. The number of hydrogen-bond acceptors (Lipinski definition) is 1. The Bertz CT molecular complexity index is 303. The van der Waals surface area contributed by atoms with Gasteiger partial charge in [-0.15, -0.1) is 0 Å². The molecule has 1 heterocycles. The smallest absolute Gasteiger partial charge is 0.0323 e. The molecule has 70 valence electrons. The molecule has 1 aliphatic heterocycles. The molecule has 0 bridgehead atoms. The van der Waals surface area contributed by atoms with E-state index in [-0.39, 0.29) is 0 Å². The lowest BCUT2D eigenvalue weighted by atomic mass is 10.0. The first-order valence-electron chi connectivity index (χ1n) is 4.77. The monoisotopic (exact) mass is 287 g/mol. The number of nitrogens with one attached hydrogen (secondary N) is 1. The van der Waals surface area contributed by atoms with E-state index >= 15 is 0 Å². The second kappa shape index (κ2) is 3.96. The van der Waals surface area contributed by atoms with Gasteiger partial charge in [0.05, 0.1) is 0 Å². The minimum atomic E-state index is 0.606. The van der Waals surface area contributed by atoms with Crippen LogP contribution in [0.2, 0.25) is 0 Å². The summed E-state index contributed by atoms with van der Waals surface area (Å²) in [4.78, 5) is 0. The summed E-state index contributed by atoms with van der Waals surface area (Å²) < 4.78 is 1.34. The van der Waals surface area contributed by atoms with Gasteiger partial charge in [-0.25, -0.2) is 0 Å². The van der Waals surface area contributed by atoms with E-state index in [0.29, 0.717) is 6.04 Å². The number of hydrogen-bond donors (Lipinski definition) is 1. The molecule has 1 N–H and O–H groups in total. The van der Waals surface area contributed by atoms with Crippen LogP contribution in [0.4, 0.5) is 0 Å². The Morgan fingerprint density at radius 2 is 2.31 bits per heavy atom. The molecule has 0 saturated carbocycles. The van der Waals surface area contributed by atoms with Crippen molar-refractivity contribution >= 4 is 22.6 Å². The van der Waals surface area contributed by atoms with Gasteiger partial charge in [0.2, 0.25) is 0 Å². The largest absolute Gasteiger partial charge is 0.310 e. The Hall–Kier alpha value is -0.0900. The van der Waals surface area contributed by atoms with Crippen LogP contribution >= 0.6 is 22.6 Å². The Balaban J connectivity index is 2.32. The van der Waals surface area contributed by atoms with Gasteiger partial charge < -0.3 is 5.32 Å². The lowest BCUT2D eigenvalue weighted by Crippen LogP contribution is -2.14. The van der Waals surface area contributed by atoms with Crippen LogP contribution in [0.1, 0.15) is 30.0 Å². The zero-order valence-electron chi connectivity index (χ0n) is 7.81. The van der Waals surface area contributed by atoms with Crippen LogP contribution in [0.15, 0.2) is 18.2 Å². The molecule has 1 atom stereocenters. The van der Waals surface area contributed by atoms with E-state index in [2.05, 4.69) is 53.0 Å². The molecule has 13 heavy (non-hydrogen) atoms. The Kier molecular flexibility index (Phi) is 2.89. The molecule has 1 fully saturated rings. The van der Waals surface area contributed by atoms with Gasteiger partial charge >= 0.3 is 0 Å². The first kappa shape index (κ1) is 9.46. The van der Waals surface area contributed by atoms with Crippen molar-refractivity contribution in [3.8, 4) is 0 Å². The van der Waals surface area contributed by atoms with Crippen molar-refractivity contribution < 1.29 is 0 Å². The minimum Gasteiger partial charge on any atom is -0.310 e. The molecule has 2 rings (SSSR count). The standard InChI is InChI=1S/C11H14IN/c1-8-4-5-9(12)7-10(8)11-3-2-6-13-11/h4-5,7,11,13H,2-3,6H2,1H3/t11-/m1/s1. The van der Waals surface area contributed by atoms with Crippen LogP contribution in [-0.2, 0) is 0 Å². The van der Waals surface area contributed by atoms with Crippen molar-refractivity contribution in [1.82, 2.24) is 5.32 Å². The summed E-state index contributed by atoms with van der Waals surface area (Å²) in [5.41, 5.74) is 2.91. The van der Waals surface area contributed by atoms with Gasteiger partial charge in [0.15, 0.2) is 0 Å². The van der Waals surface area contributed by atoms with Crippen molar-refractivity contribution in [1.29, 1.82) is 0 Å². The fraction of sp³-hybridized carbons (Fsp3) is 0.455. The van der Waals surface area contributed by atoms with Crippen LogP contribution in [0.3, 0.4) is 0 Å². The Morgan fingerprint density at radius 3 is 3.00 bits per heavy atom. The van der Waals surface area contributed by atoms with Crippen LogP contribution in [-0.4, -0.2) is 6.54 Å². The van der Waals surface area contributed by atoms with E-state index < -0.39 is 0 Å². The van der Waals surface area contributed by atoms with E-state index in [1.54, 1.807) is 0 Å². The van der Waals surface area contributed by atoms with Crippen LogP contribution in [0.5, 0.6) is 0 Å². The van der Waals surface area contributed by atoms with E-state index in [0.717, 1.165) is 0 Å². The van der Waals surface area contributed by atoms with Gasteiger partial charge in [-0.05, 0) is 72.2 Å². The number of benzene rings is 1. The molecule has 1 aromatic rings. The van der Waals surface area contributed by atoms with Crippen LogP contribution < -0.4 is 5.32 Å². The van der Waals surface area contributed by atoms with Crippen molar-refractivity contribution in [2.75, 3.05) is 6.54 Å². The van der Waals surface area contributed by atoms with Gasteiger partial charge in [-0.1, -0.05) is 6.07 Å². The average Bonchev–Trinajstić information content (AvgIpc) is 2.61. The predicted molar refractivity (Wildman–Crippen MR) is 63.9 cm³/mol. The molecule has 1 aliphatic rings. The maximum atomic E-state index is 3.54. The third-order valence-corrected chi connectivity index (χ3v) is 3.35. The molecular weight excluding hydrogens is 273 g/mol. The summed E-state index contributed by atoms with van der Waals surface area (Å²) in [6.45, 7) is 3.38. The summed E-state index contributed by atoms with van der Waals surface area (Å²) in [7, 11) is 0. The summed E-state index contributed by atoms with van der Waals surface area (Å²) in [5, 5.41) is 3.54. The summed E-state index contributed by atoms with van der Waals surface area (Å²) in [6, 6.07) is 7.30. The van der Waals surface area contributed by atoms with Crippen LogP contribution in [0.25, 0.3) is 0 Å². The Morgan fingerprint density at radius 1 is 1.46 bits per heavy atom. The first-order valence-corrected chi connectivity index (χ1v) is 5.84. The third kappa shape index (κ3) is 2.05. The summed E-state index contributed by atoms with van der Waals surface area (Å²) in [6.07, 6.45) is 2.61. The highest BCUT2D eigenvalue weighted by atomic mass is 127. The van der Waals surface area contributed by atoms with Crippen molar-refractivity contribution in [3.05, 3.63) is 32.9 Å². The van der Waals surface area contributed by atoms with Gasteiger partial charge in [-0.2, -0.15) is 0 Å². The number of rotatable bonds is 1. The zero-order valence-corrected chi connectivity index (χ0v) is 9.97. The molecule has 0 aliphatic carbocycles. The Labute approximate surface area is 93.1 Å². The fourth-order valence-corrected chi connectivity index (χ4v) is 2.45. The van der Waals surface area contributed by atoms with Crippen LogP contribution in [0, 0.1) is 10.5 Å². The van der Waals surface area contributed by atoms with Crippen molar-refractivity contribution in [2.24, 2.45) is 0 Å². The first-order chi connectivity index (χ1) is 6.27. The molecule has 2 heteroatoms. The van der Waals surface area contributed by atoms with Gasteiger partial charge in [0.25, 0.3) is 0 Å². The van der Waals surface area contributed by atoms with Gasteiger partial charge in [0.1, 0.15) is 0 Å². The average molecular weight is 287 g/mol. The maximum absolute atomic E-state index is 3.54. The third-order valence-electron chi connectivity index (χ3n) is 2.68. The summed E-state index contributed by atoms with van der Waals surface area (Å²) in [5.74, 6) is 0.